The van der Waals surface area contributed by atoms with Gasteiger partial charge < -0.3 is 10.1 Å². The summed E-state index contributed by atoms with van der Waals surface area (Å²) in [6.07, 6.45) is 1.82. The summed E-state index contributed by atoms with van der Waals surface area (Å²) in [4.78, 5) is 17.7. The topological polar surface area (TPSA) is 112 Å². The quantitative estimate of drug-likeness (QED) is 0.779. The maximum Gasteiger partial charge on any atom is 0.336 e. The fourth-order valence-electron chi connectivity index (χ4n) is 1.79. The molecule has 0 fully saturated rings. The van der Waals surface area contributed by atoms with Crippen molar-refractivity contribution in [2.45, 2.75) is 25.3 Å². The first-order chi connectivity index (χ1) is 9.83. The second-order valence-electron chi connectivity index (χ2n) is 4.49. The minimum Gasteiger partial charge on any atom is -0.478 e. The predicted octanol–water partition coefficient (Wildman–Crippen LogP) is 1.78. The molecule has 21 heavy (non-hydrogen) atoms. The van der Waals surface area contributed by atoms with Gasteiger partial charge in [-0.25, -0.2) is 9.78 Å². The molecule has 2 rings (SSSR count). The average Bonchev–Trinajstić information content (AvgIpc) is 2.90. The van der Waals surface area contributed by atoms with Crippen LogP contribution in [0, 0.1) is 6.92 Å². The number of sulfonamides is 1. The Kier molecular flexibility index (Phi) is 3.99. The summed E-state index contributed by atoms with van der Waals surface area (Å²) in [6, 6.07) is 4.34. The lowest BCUT2D eigenvalue weighted by molar-refractivity contribution is 0.0696. The summed E-state index contributed by atoms with van der Waals surface area (Å²) in [5, 5.41) is 8.99. The number of benzene rings is 1. The number of nitrogens with zero attached hydrogens (tertiary/aromatic N) is 1. The zero-order valence-electron chi connectivity index (χ0n) is 11.5. The Morgan fingerprint density at radius 2 is 2.14 bits per heavy atom. The van der Waals surface area contributed by atoms with E-state index in [0.717, 1.165) is 0 Å². The average molecular weight is 309 g/mol. The third-order valence-electron chi connectivity index (χ3n) is 2.95. The molecule has 1 heterocycles. The van der Waals surface area contributed by atoms with E-state index >= 15 is 0 Å². The number of imidazole rings is 1. The van der Waals surface area contributed by atoms with Crippen LogP contribution in [0.1, 0.15) is 28.7 Å². The van der Waals surface area contributed by atoms with Crippen molar-refractivity contribution in [3.05, 3.63) is 41.3 Å². The van der Waals surface area contributed by atoms with Gasteiger partial charge in [0.2, 0.25) is 0 Å². The van der Waals surface area contributed by atoms with Gasteiger partial charge in [0.1, 0.15) is 5.82 Å². The molecule has 0 atom stereocenters. The number of aromatic carboxylic acids is 1. The summed E-state index contributed by atoms with van der Waals surface area (Å²) in [5.41, 5.74) is 0.792. The monoisotopic (exact) mass is 309 g/mol. The smallest absolute Gasteiger partial charge is 0.336 e. The van der Waals surface area contributed by atoms with Crippen LogP contribution in [0.5, 0.6) is 0 Å². The van der Waals surface area contributed by atoms with Crippen molar-refractivity contribution in [3.63, 3.8) is 0 Å². The minimum absolute atomic E-state index is 0.0501. The Balaban J connectivity index is 2.32. The van der Waals surface area contributed by atoms with Gasteiger partial charge in [-0.2, -0.15) is 8.42 Å². The Morgan fingerprint density at radius 3 is 2.71 bits per heavy atom. The minimum atomic E-state index is -3.82. The van der Waals surface area contributed by atoms with Crippen molar-refractivity contribution < 1.29 is 18.3 Å². The van der Waals surface area contributed by atoms with Gasteiger partial charge in [0.25, 0.3) is 10.0 Å². The summed E-state index contributed by atoms with van der Waals surface area (Å²) in [6.45, 7) is 3.49. The van der Waals surface area contributed by atoms with Gasteiger partial charge >= 0.3 is 5.97 Å². The van der Waals surface area contributed by atoms with E-state index in [0.29, 0.717) is 17.8 Å². The van der Waals surface area contributed by atoms with Crippen LogP contribution in [0.2, 0.25) is 0 Å². The second-order valence-corrected chi connectivity index (χ2v) is 6.14. The first-order valence-corrected chi connectivity index (χ1v) is 7.72. The van der Waals surface area contributed by atoms with E-state index in [2.05, 4.69) is 14.7 Å². The number of carboxylic acid groups (broad SMARTS) is 1. The first-order valence-electron chi connectivity index (χ1n) is 6.24. The fraction of sp³-hybridized carbons (Fsp3) is 0.231. The Labute approximate surface area is 122 Å². The molecule has 0 aliphatic rings. The lowest BCUT2D eigenvalue weighted by Crippen LogP contribution is -2.14. The third kappa shape index (κ3) is 3.22. The predicted molar refractivity (Wildman–Crippen MR) is 76.9 cm³/mol. The molecule has 0 saturated carbocycles. The molecule has 0 unspecified atom stereocenters. The second kappa shape index (κ2) is 5.57. The van der Waals surface area contributed by atoms with Crippen molar-refractivity contribution in [1.82, 2.24) is 9.97 Å². The van der Waals surface area contributed by atoms with Crippen molar-refractivity contribution in [1.29, 1.82) is 0 Å². The van der Waals surface area contributed by atoms with E-state index in [4.69, 9.17) is 5.11 Å². The molecule has 0 aliphatic carbocycles. The van der Waals surface area contributed by atoms with Gasteiger partial charge in [-0.3, -0.25) is 4.72 Å². The first kappa shape index (κ1) is 15.0. The number of rotatable bonds is 5. The molecule has 112 valence electrons. The molecule has 3 N–H and O–H groups in total. The Morgan fingerprint density at radius 1 is 1.43 bits per heavy atom. The fourth-order valence-corrected chi connectivity index (χ4v) is 2.78. The van der Waals surface area contributed by atoms with Crippen LogP contribution >= 0.6 is 0 Å². The molecule has 0 aliphatic heterocycles. The molecule has 0 saturated heterocycles. The standard InChI is InChI=1S/C13H15N3O4S/c1-3-11-14-7-12(15-11)21(19,20)16-9-5-4-8(2)10(6-9)13(17)18/h4-7,16H,3H2,1-2H3,(H,14,15)(H,17,18). The van der Waals surface area contributed by atoms with Crippen LogP contribution in [0.4, 0.5) is 5.69 Å². The van der Waals surface area contributed by atoms with E-state index < -0.39 is 16.0 Å². The van der Waals surface area contributed by atoms with E-state index in [1.165, 1.54) is 18.3 Å². The van der Waals surface area contributed by atoms with Gasteiger partial charge in [-0.15, -0.1) is 0 Å². The molecule has 0 bridgehead atoms. The van der Waals surface area contributed by atoms with Crippen LogP contribution < -0.4 is 4.72 Å². The zero-order chi connectivity index (χ0) is 15.6. The van der Waals surface area contributed by atoms with Crippen LogP contribution in [0.25, 0.3) is 0 Å². The molecule has 1 aromatic carbocycles. The highest BCUT2D eigenvalue weighted by atomic mass is 32.2. The maximum absolute atomic E-state index is 12.2. The van der Waals surface area contributed by atoms with Crippen molar-refractivity contribution >= 4 is 21.7 Å². The number of hydrogen-bond donors (Lipinski definition) is 3. The summed E-state index contributed by atoms with van der Waals surface area (Å²) in [5.74, 6) is -0.547. The van der Waals surface area contributed by atoms with E-state index in [1.54, 1.807) is 13.0 Å². The highest BCUT2D eigenvalue weighted by Gasteiger charge is 2.18. The lowest BCUT2D eigenvalue weighted by atomic mass is 10.1. The molecular weight excluding hydrogens is 294 g/mol. The summed E-state index contributed by atoms with van der Waals surface area (Å²) < 4.78 is 26.7. The van der Waals surface area contributed by atoms with E-state index in [9.17, 15) is 13.2 Å². The normalized spacial score (nSPS) is 11.3. The number of carboxylic acids is 1. The number of anilines is 1. The lowest BCUT2D eigenvalue weighted by Gasteiger charge is -2.08. The number of aromatic nitrogens is 2. The largest absolute Gasteiger partial charge is 0.478 e. The van der Waals surface area contributed by atoms with Gasteiger partial charge in [0, 0.05) is 12.1 Å². The molecule has 8 heteroatoms. The van der Waals surface area contributed by atoms with Crippen LogP contribution in [-0.2, 0) is 16.4 Å². The van der Waals surface area contributed by atoms with Gasteiger partial charge in [-0.05, 0) is 24.6 Å². The van der Waals surface area contributed by atoms with E-state index in [1.807, 2.05) is 6.92 Å². The molecule has 7 nitrogen and oxygen atoms in total. The van der Waals surface area contributed by atoms with Gasteiger partial charge in [0.05, 0.1) is 11.8 Å². The number of aromatic amines is 1. The maximum atomic E-state index is 12.2. The van der Waals surface area contributed by atoms with Crippen molar-refractivity contribution in [2.24, 2.45) is 0 Å². The van der Waals surface area contributed by atoms with Gasteiger partial charge in [0.15, 0.2) is 5.03 Å². The summed E-state index contributed by atoms with van der Waals surface area (Å²) in [7, 11) is -3.82. The number of hydrogen-bond acceptors (Lipinski definition) is 4. The van der Waals surface area contributed by atoms with Crippen LogP contribution in [0.3, 0.4) is 0 Å². The number of nitrogens with one attached hydrogen (secondary N) is 2. The van der Waals surface area contributed by atoms with Gasteiger partial charge in [-0.1, -0.05) is 13.0 Å². The third-order valence-corrected chi connectivity index (χ3v) is 4.24. The number of H-pyrrole nitrogens is 1. The SMILES string of the molecule is CCc1ncc(S(=O)(=O)Nc2ccc(C)c(C(=O)O)c2)[nH]1. The Hall–Kier alpha value is -2.35. The molecule has 0 amide bonds. The highest BCUT2D eigenvalue weighted by Crippen LogP contribution is 2.19. The highest BCUT2D eigenvalue weighted by molar-refractivity contribution is 7.92. The number of aryl methyl sites for hydroxylation is 2. The van der Waals surface area contributed by atoms with Crippen LogP contribution in [-0.4, -0.2) is 29.5 Å². The Bertz CT molecular complexity index is 780. The molecule has 0 radical (unpaired) electrons. The molecule has 1 aromatic heterocycles. The summed E-state index contributed by atoms with van der Waals surface area (Å²) >= 11 is 0. The van der Waals surface area contributed by atoms with Crippen molar-refractivity contribution in [3.8, 4) is 0 Å². The number of carbonyl (C=O) groups is 1. The zero-order valence-corrected chi connectivity index (χ0v) is 12.4. The van der Waals surface area contributed by atoms with E-state index in [-0.39, 0.29) is 16.3 Å². The van der Waals surface area contributed by atoms with Crippen molar-refractivity contribution in [2.75, 3.05) is 4.72 Å². The molecular formula is C13H15N3O4S. The molecule has 0 spiro atoms. The van der Waals surface area contributed by atoms with Crippen LogP contribution in [0.15, 0.2) is 29.4 Å². The molecule has 2 aromatic rings.